The fraction of sp³-hybridized carbons (Fsp3) is 0.316. The van der Waals surface area contributed by atoms with Gasteiger partial charge in [0.05, 0.1) is 10.5 Å². The molecule has 4 heteroatoms. The normalized spacial score (nSPS) is 28.2. The summed E-state index contributed by atoms with van der Waals surface area (Å²) in [5, 5.41) is 10.7. The van der Waals surface area contributed by atoms with Crippen molar-refractivity contribution in [2.24, 2.45) is 10.9 Å². The van der Waals surface area contributed by atoms with Crippen LogP contribution >= 0.6 is 0 Å². The van der Waals surface area contributed by atoms with Gasteiger partial charge in [-0.1, -0.05) is 31.2 Å². The van der Waals surface area contributed by atoms with Crippen LogP contribution in [0.5, 0.6) is 0 Å². The Labute approximate surface area is 135 Å². The number of nitrogens with zero attached hydrogens (tertiary/aromatic N) is 2. The lowest BCUT2D eigenvalue weighted by molar-refractivity contribution is -0.384. The highest BCUT2D eigenvalue weighted by atomic mass is 16.6. The van der Waals surface area contributed by atoms with E-state index in [1.54, 1.807) is 12.1 Å². The van der Waals surface area contributed by atoms with Crippen LogP contribution in [0.15, 0.2) is 53.5 Å². The third-order valence-electron chi connectivity index (χ3n) is 5.57. The third-order valence-corrected chi connectivity index (χ3v) is 5.57. The summed E-state index contributed by atoms with van der Waals surface area (Å²) >= 11 is 0. The second-order valence-electron chi connectivity index (χ2n) is 6.55. The Kier molecular flexibility index (Phi) is 3.08. The molecular weight excluding hydrogens is 288 g/mol. The van der Waals surface area contributed by atoms with Gasteiger partial charge in [-0.15, -0.1) is 0 Å². The Hall–Kier alpha value is -2.49. The molecule has 3 atom stereocenters. The monoisotopic (exact) mass is 306 g/mol. The summed E-state index contributed by atoms with van der Waals surface area (Å²) in [6, 6.07) is 15.2. The van der Waals surface area contributed by atoms with Crippen molar-refractivity contribution in [1.29, 1.82) is 0 Å². The van der Waals surface area contributed by atoms with Crippen LogP contribution in [-0.2, 0) is 5.54 Å². The van der Waals surface area contributed by atoms with Gasteiger partial charge in [0, 0.05) is 18.3 Å². The van der Waals surface area contributed by atoms with E-state index in [0.29, 0.717) is 11.8 Å². The van der Waals surface area contributed by atoms with E-state index in [1.165, 1.54) is 29.7 Å². The van der Waals surface area contributed by atoms with Crippen molar-refractivity contribution in [2.75, 3.05) is 0 Å². The second-order valence-corrected chi connectivity index (χ2v) is 6.55. The molecule has 0 saturated heterocycles. The number of benzene rings is 2. The molecule has 0 spiro atoms. The lowest BCUT2D eigenvalue weighted by Gasteiger charge is -2.27. The van der Waals surface area contributed by atoms with Crippen LogP contribution in [0.25, 0.3) is 0 Å². The van der Waals surface area contributed by atoms with Crippen molar-refractivity contribution in [1.82, 2.24) is 0 Å². The van der Waals surface area contributed by atoms with Crippen LogP contribution in [0.4, 0.5) is 5.69 Å². The summed E-state index contributed by atoms with van der Waals surface area (Å²) < 4.78 is 0. The van der Waals surface area contributed by atoms with Gasteiger partial charge in [-0.3, -0.25) is 15.1 Å². The van der Waals surface area contributed by atoms with E-state index in [1.807, 2.05) is 6.21 Å². The van der Waals surface area contributed by atoms with E-state index in [-0.39, 0.29) is 16.1 Å². The zero-order chi connectivity index (χ0) is 16.0. The molecule has 2 bridgehead atoms. The summed E-state index contributed by atoms with van der Waals surface area (Å²) in [6.45, 7) is 2.30. The number of aliphatic imine (C=N–C) groups is 1. The fourth-order valence-corrected chi connectivity index (χ4v) is 4.33. The zero-order valence-electron chi connectivity index (χ0n) is 13.0. The molecule has 0 radical (unpaired) electrons. The molecule has 3 unspecified atom stereocenters. The maximum Gasteiger partial charge on any atom is 0.269 e. The first-order valence-electron chi connectivity index (χ1n) is 8.01. The Bertz CT molecular complexity index is 797. The molecule has 116 valence electrons. The van der Waals surface area contributed by atoms with E-state index in [9.17, 15) is 10.1 Å². The van der Waals surface area contributed by atoms with Gasteiger partial charge in [0.15, 0.2) is 0 Å². The minimum atomic E-state index is -0.379. The molecule has 23 heavy (non-hydrogen) atoms. The van der Waals surface area contributed by atoms with Gasteiger partial charge in [-0.05, 0) is 53.5 Å². The first-order valence-corrected chi connectivity index (χ1v) is 8.01. The van der Waals surface area contributed by atoms with Crippen LogP contribution in [0.3, 0.4) is 0 Å². The molecule has 0 aromatic heterocycles. The quantitative estimate of drug-likeness (QED) is 0.478. The van der Waals surface area contributed by atoms with E-state index < -0.39 is 0 Å². The van der Waals surface area contributed by atoms with Crippen LogP contribution in [-0.4, -0.2) is 11.1 Å². The molecule has 0 aliphatic heterocycles. The number of nitro groups is 1. The van der Waals surface area contributed by atoms with Gasteiger partial charge in [-0.2, -0.15) is 0 Å². The molecule has 4 rings (SSSR count). The molecule has 0 heterocycles. The smallest absolute Gasteiger partial charge is 0.269 e. The fourth-order valence-electron chi connectivity index (χ4n) is 4.33. The predicted octanol–water partition coefficient (Wildman–Crippen LogP) is 4.44. The maximum atomic E-state index is 10.7. The van der Waals surface area contributed by atoms with Crippen molar-refractivity contribution in [3.05, 3.63) is 75.3 Å². The number of hydrogen-bond donors (Lipinski definition) is 0. The summed E-state index contributed by atoms with van der Waals surface area (Å²) in [6.07, 6.45) is 4.15. The molecule has 2 aromatic rings. The number of nitro benzene ring substituents is 1. The lowest BCUT2D eigenvalue weighted by atomic mass is 9.85. The Morgan fingerprint density at radius 1 is 1.22 bits per heavy atom. The van der Waals surface area contributed by atoms with E-state index in [2.05, 4.69) is 31.2 Å². The van der Waals surface area contributed by atoms with Crippen molar-refractivity contribution >= 4 is 11.9 Å². The molecule has 1 saturated carbocycles. The highest BCUT2D eigenvalue weighted by Gasteiger charge is 2.54. The van der Waals surface area contributed by atoms with Crippen LogP contribution in [0.2, 0.25) is 0 Å². The van der Waals surface area contributed by atoms with Gasteiger partial charge in [0.2, 0.25) is 0 Å². The standard InChI is InChI=1S/C19H18N2O2/c1-13-16-10-11-19(13,18-5-3-2-4-17(16)18)20-12-14-6-8-15(9-7-14)21(22)23/h2-9,12-13,16H,10-11H2,1H3. The summed E-state index contributed by atoms with van der Waals surface area (Å²) in [5.74, 6) is 1.12. The van der Waals surface area contributed by atoms with Gasteiger partial charge in [0.1, 0.15) is 0 Å². The molecule has 2 aromatic carbocycles. The predicted molar refractivity (Wildman–Crippen MR) is 89.9 cm³/mol. The average Bonchev–Trinajstić information content (AvgIpc) is 3.02. The van der Waals surface area contributed by atoms with Crippen LogP contribution in [0, 0.1) is 16.0 Å². The Morgan fingerprint density at radius 2 is 1.96 bits per heavy atom. The van der Waals surface area contributed by atoms with E-state index >= 15 is 0 Å². The molecule has 1 fully saturated rings. The van der Waals surface area contributed by atoms with Crippen LogP contribution in [0.1, 0.15) is 42.4 Å². The zero-order valence-corrected chi connectivity index (χ0v) is 13.0. The molecule has 0 N–H and O–H groups in total. The van der Waals surface area contributed by atoms with E-state index in [0.717, 1.165) is 12.0 Å². The Balaban J connectivity index is 1.69. The molecule has 2 aliphatic rings. The van der Waals surface area contributed by atoms with Crippen molar-refractivity contribution in [2.45, 2.75) is 31.2 Å². The summed E-state index contributed by atoms with van der Waals surface area (Å²) in [7, 11) is 0. The molecular formula is C19H18N2O2. The van der Waals surface area contributed by atoms with Crippen LogP contribution < -0.4 is 0 Å². The number of fused-ring (bicyclic) bond motifs is 5. The summed E-state index contributed by atoms with van der Waals surface area (Å²) in [4.78, 5) is 15.3. The van der Waals surface area contributed by atoms with Gasteiger partial charge in [0.25, 0.3) is 5.69 Å². The average molecular weight is 306 g/mol. The Morgan fingerprint density at radius 3 is 2.70 bits per heavy atom. The highest BCUT2D eigenvalue weighted by molar-refractivity contribution is 5.80. The number of non-ortho nitro benzene ring substituents is 1. The number of hydrogen-bond acceptors (Lipinski definition) is 3. The van der Waals surface area contributed by atoms with E-state index in [4.69, 9.17) is 4.99 Å². The SMILES string of the molecule is CC1C2CCC1(N=Cc1ccc([N+](=O)[O-])cc1)c1ccccc12. The van der Waals surface area contributed by atoms with Gasteiger partial charge in [-0.25, -0.2) is 0 Å². The largest absolute Gasteiger partial charge is 0.281 e. The minimum Gasteiger partial charge on any atom is -0.281 e. The molecule has 4 nitrogen and oxygen atoms in total. The number of rotatable bonds is 3. The lowest BCUT2D eigenvalue weighted by Crippen LogP contribution is -2.24. The topological polar surface area (TPSA) is 55.5 Å². The van der Waals surface area contributed by atoms with Crippen molar-refractivity contribution in [3.63, 3.8) is 0 Å². The third kappa shape index (κ3) is 2.01. The first kappa shape index (κ1) is 14.1. The van der Waals surface area contributed by atoms with Crippen molar-refractivity contribution < 1.29 is 4.92 Å². The molecule has 0 amide bonds. The van der Waals surface area contributed by atoms with Gasteiger partial charge >= 0.3 is 0 Å². The van der Waals surface area contributed by atoms with Crippen molar-refractivity contribution in [3.8, 4) is 0 Å². The first-order chi connectivity index (χ1) is 11.1. The minimum absolute atomic E-state index is 0.112. The highest BCUT2D eigenvalue weighted by Crippen LogP contribution is 2.61. The molecule has 2 aliphatic carbocycles. The maximum absolute atomic E-state index is 10.7. The summed E-state index contributed by atoms with van der Waals surface area (Å²) in [5.41, 5.74) is 3.71. The van der Waals surface area contributed by atoms with Gasteiger partial charge < -0.3 is 0 Å². The second kappa shape index (κ2) is 5.01.